The lowest BCUT2D eigenvalue weighted by Crippen LogP contribution is -2.31. The number of urea groups is 1. The molecule has 0 saturated heterocycles. The molecule has 0 unspecified atom stereocenters. The van der Waals surface area contributed by atoms with Gasteiger partial charge in [-0.3, -0.25) is 0 Å². The number of nitrogens with one attached hydrogen (secondary N) is 2. The normalized spacial score (nSPS) is 13.9. The molecule has 3 N–H and O–H groups in total. The second-order valence-electron chi connectivity index (χ2n) is 4.25. The van der Waals surface area contributed by atoms with Crippen LogP contribution in [0.3, 0.4) is 0 Å². The molecule has 0 aliphatic heterocycles. The Morgan fingerprint density at radius 2 is 2.12 bits per heavy atom. The summed E-state index contributed by atoms with van der Waals surface area (Å²) in [6, 6.07) is 5.79. The Kier molecular flexibility index (Phi) is 3.98. The van der Waals surface area contributed by atoms with Gasteiger partial charge in [0.2, 0.25) is 0 Å². The second-order valence-corrected chi connectivity index (χ2v) is 4.25. The van der Waals surface area contributed by atoms with Crippen molar-refractivity contribution in [3.8, 4) is 0 Å². The summed E-state index contributed by atoms with van der Waals surface area (Å²) < 4.78 is 0. The van der Waals surface area contributed by atoms with E-state index in [1.807, 2.05) is 12.1 Å². The number of anilines is 1. The van der Waals surface area contributed by atoms with E-state index in [1.54, 1.807) is 0 Å². The summed E-state index contributed by atoms with van der Waals surface area (Å²) >= 11 is 0. The first-order chi connectivity index (χ1) is 8.31. The zero-order chi connectivity index (χ0) is 12.1. The van der Waals surface area contributed by atoms with Gasteiger partial charge in [-0.05, 0) is 42.9 Å². The van der Waals surface area contributed by atoms with Crippen molar-refractivity contribution in [2.45, 2.75) is 25.7 Å². The zero-order valence-corrected chi connectivity index (χ0v) is 9.83. The number of benzene rings is 1. The molecule has 17 heavy (non-hydrogen) atoms. The quantitative estimate of drug-likeness (QED) is 0.745. The van der Waals surface area contributed by atoms with Gasteiger partial charge >= 0.3 is 6.03 Å². The third-order valence-electron chi connectivity index (χ3n) is 3.04. The molecule has 1 aliphatic rings. The molecule has 0 aromatic heterocycles. The van der Waals surface area contributed by atoms with E-state index in [0.717, 1.165) is 18.5 Å². The Bertz CT molecular complexity index is 404. The number of fused-ring (bicyclic) bond motifs is 1. The van der Waals surface area contributed by atoms with Crippen LogP contribution in [-0.4, -0.2) is 24.3 Å². The molecule has 1 aromatic rings. The molecule has 1 aromatic carbocycles. The summed E-state index contributed by atoms with van der Waals surface area (Å²) in [5, 5.41) is 14.1. The van der Waals surface area contributed by atoms with Gasteiger partial charge in [-0.1, -0.05) is 12.1 Å². The molecule has 0 heterocycles. The summed E-state index contributed by atoms with van der Waals surface area (Å²) in [4.78, 5) is 11.5. The minimum atomic E-state index is -0.252. The van der Waals surface area contributed by atoms with E-state index >= 15 is 0 Å². The number of carbonyl (C=O) groups excluding carboxylic acids is 1. The number of aliphatic hydroxyl groups excluding tert-OH is 1. The molecule has 0 saturated carbocycles. The van der Waals surface area contributed by atoms with Gasteiger partial charge in [0.1, 0.15) is 0 Å². The highest BCUT2D eigenvalue weighted by molar-refractivity contribution is 5.90. The van der Waals surface area contributed by atoms with Crippen LogP contribution in [0.4, 0.5) is 10.5 Å². The lowest BCUT2D eigenvalue weighted by molar-refractivity contribution is 0.245. The maximum Gasteiger partial charge on any atom is 0.319 e. The molecule has 2 rings (SSSR count). The van der Waals surface area contributed by atoms with Crippen molar-refractivity contribution in [3.05, 3.63) is 29.3 Å². The van der Waals surface area contributed by atoms with E-state index in [0.29, 0.717) is 0 Å². The summed E-state index contributed by atoms with van der Waals surface area (Å²) in [6.07, 6.45) is 4.55. The molecule has 0 atom stereocenters. The molecule has 4 heteroatoms. The third kappa shape index (κ3) is 2.97. The molecule has 4 nitrogen and oxygen atoms in total. The summed E-state index contributed by atoms with van der Waals surface area (Å²) in [7, 11) is 0. The number of hydrogen-bond acceptors (Lipinski definition) is 2. The van der Waals surface area contributed by atoms with Gasteiger partial charge in [0, 0.05) is 12.2 Å². The van der Waals surface area contributed by atoms with Crippen LogP contribution in [-0.2, 0) is 12.8 Å². The fraction of sp³-hybridized carbons (Fsp3) is 0.462. The number of hydrogen-bond donors (Lipinski definition) is 3. The number of amides is 2. The van der Waals surface area contributed by atoms with Crippen LogP contribution in [0.2, 0.25) is 0 Å². The van der Waals surface area contributed by atoms with Gasteiger partial charge in [0.25, 0.3) is 0 Å². The highest BCUT2D eigenvalue weighted by Gasteiger charge is 2.13. The van der Waals surface area contributed by atoms with Crippen LogP contribution < -0.4 is 10.6 Å². The average molecular weight is 234 g/mol. The maximum atomic E-state index is 11.5. The zero-order valence-electron chi connectivity index (χ0n) is 9.83. The molecule has 0 fully saturated rings. The first-order valence-corrected chi connectivity index (χ1v) is 6.08. The van der Waals surface area contributed by atoms with Crippen molar-refractivity contribution in [2.24, 2.45) is 0 Å². The van der Waals surface area contributed by atoms with Crippen LogP contribution in [0.15, 0.2) is 18.2 Å². The Hall–Kier alpha value is -1.55. The first kappa shape index (κ1) is 11.9. The van der Waals surface area contributed by atoms with E-state index < -0.39 is 0 Å². The average Bonchev–Trinajstić information content (AvgIpc) is 2.37. The minimum absolute atomic E-state index is 0.0414. The number of carbonyl (C=O) groups is 1. The lowest BCUT2D eigenvalue weighted by Gasteiger charge is -2.19. The van der Waals surface area contributed by atoms with Crippen molar-refractivity contribution < 1.29 is 9.90 Å². The fourth-order valence-corrected chi connectivity index (χ4v) is 2.23. The Morgan fingerprint density at radius 3 is 2.94 bits per heavy atom. The predicted molar refractivity (Wildman–Crippen MR) is 67.2 cm³/mol. The van der Waals surface area contributed by atoms with Gasteiger partial charge < -0.3 is 15.7 Å². The fourth-order valence-electron chi connectivity index (χ4n) is 2.23. The van der Waals surface area contributed by atoms with Crippen LogP contribution in [0.1, 0.15) is 24.0 Å². The maximum absolute atomic E-state index is 11.5. The molecule has 1 aliphatic carbocycles. The Balaban J connectivity index is 2.08. The highest BCUT2D eigenvalue weighted by Crippen LogP contribution is 2.27. The monoisotopic (exact) mass is 234 g/mol. The van der Waals surface area contributed by atoms with Crippen LogP contribution >= 0.6 is 0 Å². The van der Waals surface area contributed by atoms with E-state index in [2.05, 4.69) is 16.7 Å². The van der Waals surface area contributed by atoms with Gasteiger partial charge in [0.05, 0.1) is 6.61 Å². The van der Waals surface area contributed by atoms with Gasteiger partial charge in [-0.25, -0.2) is 4.79 Å². The molecule has 0 spiro atoms. The Labute approximate surface area is 101 Å². The van der Waals surface area contributed by atoms with Crippen LogP contribution in [0.25, 0.3) is 0 Å². The first-order valence-electron chi connectivity index (χ1n) is 6.08. The molecular formula is C13H18N2O2. The third-order valence-corrected chi connectivity index (χ3v) is 3.04. The van der Waals surface area contributed by atoms with E-state index in [-0.39, 0.29) is 19.2 Å². The minimum Gasteiger partial charge on any atom is -0.395 e. The van der Waals surface area contributed by atoms with Gasteiger partial charge in [0.15, 0.2) is 0 Å². The van der Waals surface area contributed by atoms with Gasteiger partial charge in [-0.2, -0.15) is 0 Å². The molecule has 92 valence electrons. The van der Waals surface area contributed by atoms with Crippen molar-refractivity contribution in [2.75, 3.05) is 18.5 Å². The van der Waals surface area contributed by atoms with Crippen LogP contribution in [0, 0.1) is 0 Å². The predicted octanol–water partition coefficient (Wildman–Crippen LogP) is 1.68. The molecule has 0 radical (unpaired) electrons. The highest BCUT2D eigenvalue weighted by atomic mass is 16.3. The number of aliphatic hydroxyl groups is 1. The smallest absolute Gasteiger partial charge is 0.319 e. The van der Waals surface area contributed by atoms with Crippen molar-refractivity contribution in [3.63, 3.8) is 0 Å². The van der Waals surface area contributed by atoms with E-state index in [4.69, 9.17) is 5.11 Å². The summed E-state index contributed by atoms with van der Waals surface area (Å²) in [5.41, 5.74) is 3.51. The molecular weight excluding hydrogens is 216 g/mol. The number of rotatable bonds is 3. The van der Waals surface area contributed by atoms with Crippen LogP contribution in [0.5, 0.6) is 0 Å². The van der Waals surface area contributed by atoms with E-state index in [9.17, 15) is 4.79 Å². The standard InChI is InChI=1S/C13H18N2O2/c16-9-8-14-13(17)15-12-7-3-5-10-4-1-2-6-11(10)12/h3,5,7,16H,1-2,4,6,8-9H2,(H2,14,15,17). The second kappa shape index (κ2) is 5.68. The number of aryl methyl sites for hydroxylation is 1. The van der Waals surface area contributed by atoms with Crippen molar-refractivity contribution >= 4 is 11.7 Å². The van der Waals surface area contributed by atoms with E-state index in [1.165, 1.54) is 24.0 Å². The van der Waals surface area contributed by atoms with Crippen molar-refractivity contribution in [1.82, 2.24) is 5.32 Å². The topological polar surface area (TPSA) is 61.4 Å². The summed E-state index contributed by atoms with van der Waals surface area (Å²) in [5.74, 6) is 0. The Morgan fingerprint density at radius 1 is 1.29 bits per heavy atom. The lowest BCUT2D eigenvalue weighted by atomic mass is 9.90. The molecule has 0 bridgehead atoms. The summed E-state index contributed by atoms with van der Waals surface area (Å²) in [6.45, 7) is 0.237. The molecule has 2 amide bonds. The van der Waals surface area contributed by atoms with Gasteiger partial charge in [-0.15, -0.1) is 0 Å². The SMILES string of the molecule is O=C(NCCO)Nc1cccc2c1CCCC2. The van der Waals surface area contributed by atoms with Crippen molar-refractivity contribution in [1.29, 1.82) is 0 Å². The largest absolute Gasteiger partial charge is 0.395 e.